The SMILES string of the molecule is [AlH3].[CH2]C(C)CC. The van der Waals surface area contributed by atoms with Gasteiger partial charge in [0.05, 0.1) is 0 Å². The monoisotopic (exact) mass is 101 g/mol. The van der Waals surface area contributed by atoms with E-state index in [0.717, 1.165) is 0 Å². The highest BCUT2D eigenvalue weighted by Crippen LogP contribution is 1.93. The average Bonchev–Trinajstić information content (AvgIpc) is 1.38. The third-order valence-corrected chi connectivity index (χ3v) is 0.697. The first kappa shape index (κ1) is 9.73. The van der Waals surface area contributed by atoms with Crippen molar-refractivity contribution in [1.29, 1.82) is 0 Å². The van der Waals surface area contributed by atoms with Gasteiger partial charge in [-0.25, -0.2) is 0 Å². The lowest BCUT2D eigenvalue weighted by atomic mass is 10.2. The molecule has 1 unspecified atom stereocenters. The van der Waals surface area contributed by atoms with E-state index in [2.05, 4.69) is 20.8 Å². The zero-order chi connectivity index (χ0) is 4.28. The van der Waals surface area contributed by atoms with Gasteiger partial charge >= 0.3 is 0 Å². The van der Waals surface area contributed by atoms with Crippen molar-refractivity contribution in [3.8, 4) is 0 Å². The largest absolute Gasteiger partial charge is 0.187 e. The van der Waals surface area contributed by atoms with E-state index in [1.807, 2.05) is 0 Å². The molecule has 1 atom stereocenters. The van der Waals surface area contributed by atoms with Crippen molar-refractivity contribution < 1.29 is 0 Å². The van der Waals surface area contributed by atoms with Crippen LogP contribution in [0, 0.1) is 12.8 Å². The molecule has 6 heavy (non-hydrogen) atoms. The summed E-state index contributed by atoms with van der Waals surface area (Å²) in [4.78, 5) is 0. The first-order valence-electron chi connectivity index (χ1n) is 2.10. The fourth-order valence-corrected chi connectivity index (χ4v) is 0. The number of hydrogen-bond acceptors (Lipinski definition) is 0. The lowest BCUT2D eigenvalue weighted by Gasteiger charge is -1.90. The van der Waals surface area contributed by atoms with E-state index in [4.69, 9.17) is 0 Å². The quantitative estimate of drug-likeness (QED) is 0.426. The van der Waals surface area contributed by atoms with Crippen LogP contribution in [0.25, 0.3) is 0 Å². The molecule has 0 aliphatic carbocycles. The van der Waals surface area contributed by atoms with Gasteiger partial charge in [0, 0.05) is 0 Å². The smallest absolute Gasteiger partial charge is 0.0651 e. The summed E-state index contributed by atoms with van der Waals surface area (Å²) in [6.07, 6.45) is 1.19. The maximum atomic E-state index is 3.76. The first-order valence-corrected chi connectivity index (χ1v) is 2.10. The molecule has 0 bridgehead atoms. The van der Waals surface area contributed by atoms with Crippen molar-refractivity contribution in [2.24, 2.45) is 5.92 Å². The van der Waals surface area contributed by atoms with Crippen molar-refractivity contribution in [1.82, 2.24) is 0 Å². The average molecular weight is 101 g/mol. The maximum absolute atomic E-state index is 3.76. The second kappa shape index (κ2) is 5.53. The molecule has 37 valence electrons. The summed E-state index contributed by atoms with van der Waals surface area (Å²) in [6, 6.07) is 0. The van der Waals surface area contributed by atoms with Gasteiger partial charge in [0.15, 0.2) is 17.4 Å². The summed E-state index contributed by atoms with van der Waals surface area (Å²) < 4.78 is 0. The van der Waals surface area contributed by atoms with Crippen LogP contribution in [-0.4, -0.2) is 17.4 Å². The van der Waals surface area contributed by atoms with Crippen LogP contribution in [0.5, 0.6) is 0 Å². The zero-order valence-electron chi connectivity index (χ0n) is 3.99. The number of rotatable bonds is 1. The van der Waals surface area contributed by atoms with E-state index >= 15 is 0 Å². The Bertz CT molecular complexity index is 17.9. The fourth-order valence-electron chi connectivity index (χ4n) is 0. The van der Waals surface area contributed by atoms with Crippen molar-refractivity contribution in [3.63, 3.8) is 0 Å². The molecule has 1 heteroatoms. The summed E-state index contributed by atoms with van der Waals surface area (Å²) in [5.74, 6) is 0.634. The lowest BCUT2D eigenvalue weighted by Crippen LogP contribution is -1.77. The van der Waals surface area contributed by atoms with Gasteiger partial charge in [-0.2, -0.15) is 0 Å². The third kappa shape index (κ3) is 8.82. The Morgan fingerprint density at radius 1 is 1.67 bits per heavy atom. The van der Waals surface area contributed by atoms with Crippen LogP contribution < -0.4 is 0 Å². The normalized spacial score (nSPS) is 8.00. The minimum atomic E-state index is 0. The van der Waals surface area contributed by atoms with Gasteiger partial charge in [0.25, 0.3) is 0 Å². The van der Waals surface area contributed by atoms with E-state index in [1.165, 1.54) is 6.42 Å². The second-order valence-corrected chi connectivity index (χ2v) is 1.51. The Balaban J connectivity index is 0. The van der Waals surface area contributed by atoms with Gasteiger partial charge in [0.2, 0.25) is 0 Å². The predicted octanol–water partition coefficient (Wildman–Crippen LogP) is 0.683. The minimum absolute atomic E-state index is 0. The molecule has 0 aromatic rings. The number of hydrogen-bond donors (Lipinski definition) is 0. The molecule has 1 radical (unpaired) electrons. The van der Waals surface area contributed by atoms with Crippen LogP contribution in [0.4, 0.5) is 0 Å². The molecular weight excluding hydrogens is 87.0 g/mol. The third-order valence-electron chi connectivity index (χ3n) is 0.697. The van der Waals surface area contributed by atoms with Gasteiger partial charge in [-0.05, 0) is 5.92 Å². The van der Waals surface area contributed by atoms with Gasteiger partial charge in [-0.3, -0.25) is 0 Å². The van der Waals surface area contributed by atoms with Crippen LogP contribution in [0.3, 0.4) is 0 Å². The molecule has 0 aliphatic heterocycles. The van der Waals surface area contributed by atoms with E-state index in [0.29, 0.717) is 5.92 Å². The predicted molar refractivity (Wildman–Crippen MR) is 34.8 cm³/mol. The standard InChI is InChI=1S/C5H11.Al.3H/c1-4-5(2)3;;;;/h5H,2,4H2,1,3H3;;;;. The topological polar surface area (TPSA) is 0 Å². The van der Waals surface area contributed by atoms with Gasteiger partial charge in [-0.1, -0.05) is 27.2 Å². The van der Waals surface area contributed by atoms with E-state index < -0.39 is 0 Å². The van der Waals surface area contributed by atoms with E-state index in [-0.39, 0.29) is 17.4 Å². The Kier molecular flexibility index (Phi) is 8.97. The Labute approximate surface area is 51.1 Å². The molecule has 0 nitrogen and oxygen atoms in total. The van der Waals surface area contributed by atoms with Crippen molar-refractivity contribution in [2.45, 2.75) is 20.3 Å². The van der Waals surface area contributed by atoms with Crippen LogP contribution >= 0.6 is 0 Å². The molecule has 0 aromatic carbocycles. The molecule has 0 N–H and O–H groups in total. The van der Waals surface area contributed by atoms with Crippen molar-refractivity contribution >= 4 is 17.4 Å². The fraction of sp³-hybridized carbons (Fsp3) is 0.800. The minimum Gasteiger partial charge on any atom is -0.0651 e. The highest BCUT2D eigenvalue weighted by Gasteiger charge is 1.80. The first-order chi connectivity index (χ1) is 2.27. The van der Waals surface area contributed by atoms with E-state index in [9.17, 15) is 0 Å². The zero-order valence-corrected chi connectivity index (χ0v) is 3.99. The van der Waals surface area contributed by atoms with Gasteiger partial charge in [0.1, 0.15) is 0 Å². The summed E-state index contributed by atoms with van der Waals surface area (Å²) in [6.45, 7) is 8.00. The lowest BCUT2D eigenvalue weighted by molar-refractivity contribution is 0.694. The summed E-state index contributed by atoms with van der Waals surface area (Å²) >= 11 is 0. The Morgan fingerprint density at radius 3 is 1.83 bits per heavy atom. The highest BCUT2D eigenvalue weighted by molar-refractivity contribution is 5.75. The molecule has 0 amide bonds. The summed E-state index contributed by atoms with van der Waals surface area (Å²) in [5, 5.41) is 0. The van der Waals surface area contributed by atoms with Crippen LogP contribution in [0.2, 0.25) is 0 Å². The van der Waals surface area contributed by atoms with Crippen molar-refractivity contribution in [3.05, 3.63) is 6.92 Å². The molecule has 0 aromatic heterocycles. The molecule has 0 rings (SSSR count). The Morgan fingerprint density at radius 2 is 1.83 bits per heavy atom. The van der Waals surface area contributed by atoms with Crippen LogP contribution in [0.15, 0.2) is 0 Å². The maximum Gasteiger partial charge on any atom is 0.187 e. The molecule has 0 heterocycles. The van der Waals surface area contributed by atoms with Gasteiger partial charge in [-0.15, -0.1) is 0 Å². The highest BCUT2D eigenvalue weighted by atomic mass is 27.0. The summed E-state index contributed by atoms with van der Waals surface area (Å²) in [7, 11) is 0. The Hall–Kier alpha value is 0.532. The molecule has 0 saturated carbocycles. The van der Waals surface area contributed by atoms with Crippen molar-refractivity contribution in [2.75, 3.05) is 0 Å². The van der Waals surface area contributed by atoms with E-state index in [1.54, 1.807) is 0 Å². The molecule has 0 spiro atoms. The van der Waals surface area contributed by atoms with Gasteiger partial charge < -0.3 is 0 Å². The second-order valence-electron chi connectivity index (χ2n) is 1.51. The molecule has 0 saturated heterocycles. The molecular formula is C5H14Al. The van der Waals surface area contributed by atoms with Crippen LogP contribution in [-0.2, 0) is 0 Å². The molecule has 0 fully saturated rings. The summed E-state index contributed by atoms with van der Waals surface area (Å²) in [5.41, 5.74) is 0. The molecule has 0 aliphatic rings. The van der Waals surface area contributed by atoms with Crippen LogP contribution in [0.1, 0.15) is 20.3 Å².